The second-order valence-corrected chi connectivity index (χ2v) is 7.92. The molecule has 1 fully saturated rings. The quantitative estimate of drug-likeness (QED) is 0.579. The van der Waals surface area contributed by atoms with Crippen molar-refractivity contribution in [3.8, 4) is 5.75 Å². The van der Waals surface area contributed by atoms with E-state index in [0.717, 1.165) is 62.0 Å². The summed E-state index contributed by atoms with van der Waals surface area (Å²) in [5, 5.41) is 16.2. The Balaban J connectivity index is 1.60. The van der Waals surface area contributed by atoms with E-state index in [0.29, 0.717) is 6.54 Å². The molecule has 9 heteroatoms. The van der Waals surface area contributed by atoms with Gasteiger partial charge in [0.1, 0.15) is 17.7 Å². The summed E-state index contributed by atoms with van der Waals surface area (Å²) in [5.74, 6) is 1.28. The topological polar surface area (TPSA) is 71.3 Å². The number of halogens is 1. The SMILES string of the molecule is CCN1CCCN(C(Nc2ccc(F)cc2)c2nnnn2Cc2ccc(OC)cc2)CC1. The first kappa shape index (κ1) is 22.2. The molecule has 32 heavy (non-hydrogen) atoms. The molecule has 8 nitrogen and oxygen atoms in total. The summed E-state index contributed by atoms with van der Waals surface area (Å²) in [6.45, 7) is 7.65. The van der Waals surface area contributed by atoms with Crippen LogP contribution in [0.4, 0.5) is 10.1 Å². The van der Waals surface area contributed by atoms with Gasteiger partial charge in [0.2, 0.25) is 0 Å². The van der Waals surface area contributed by atoms with Gasteiger partial charge in [-0.3, -0.25) is 4.90 Å². The van der Waals surface area contributed by atoms with Crippen LogP contribution in [0.5, 0.6) is 5.75 Å². The zero-order valence-corrected chi connectivity index (χ0v) is 18.6. The molecular weight excluding hydrogens is 409 g/mol. The highest BCUT2D eigenvalue weighted by molar-refractivity contribution is 5.44. The molecule has 1 aromatic heterocycles. The highest BCUT2D eigenvalue weighted by atomic mass is 19.1. The molecule has 0 spiro atoms. The first-order valence-corrected chi connectivity index (χ1v) is 11.0. The number of nitrogens with one attached hydrogen (secondary N) is 1. The van der Waals surface area contributed by atoms with E-state index in [-0.39, 0.29) is 12.0 Å². The lowest BCUT2D eigenvalue weighted by Crippen LogP contribution is -2.38. The molecule has 3 aromatic rings. The smallest absolute Gasteiger partial charge is 0.189 e. The van der Waals surface area contributed by atoms with E-state index >= 15 is 0 Å². The highest BCUT2D eigenvalue weighted by Crippen LogP contribution is 2.24. The van der Waals surface area contributed by atoms with Crippen molar-refractivity contribution in [2.45, 2.75) is 26.1 Å². The lowest BCUT2D eigenvalue weighted by Gasteiger charge is -2.31. The number of nitrogens with zero attached hydrogens (tertiary/aromatic N) is 6. The van der Waals surface area contributed by atoms with E-state index in [9.17, 15) is 4.39 Å². The van der Waals surface area contributed by atoms with Gasteiger partial charge in [0.15, 0.2) is 5.82 Å². The Hall–Kier alpha value is -3.04. The van der Waals surface area contributed by atoms with Crippen LogP contribution in [0, 0.1) is 5.82 Å². The van der Waals surface area contributed by atoms with E-state index in [1.165, 1.54) is 12.1 Å². The fraction of sp³-hybridized carbons (Fsp3) is 0.435. The molecule has 1 N–H and O–H groups in total. The zero-order chi connectivity index (χ0) is 22.3. The number of hydrogen-bond acceptors (Lipinski definition) is 7. The maximum absolute atomic E-state index is 13.5. The van der Waals surface area contributed by atoms with E-state index in [1.54, 1.807) is 19.2 Å². The maximum Gasteiger partial charge on any atom is 0.189 e. The van der Waals surface area contributed by atoms with Gasteiger partial charge >= 0.3 is 0 Å². The lowest BCUT2D eigenvalue weighted by molar-refractivity contribution is 0.207. The fourth-order valence-corrected chi connectivity index (χ4v) is 4.01. The summed E-state index contributed by atoms with van der Waals surface area (Å²) in [6, 6.07) is 14.3. The number of rotatable bonds is 8. The van der Waals surface area contributed by atoms with Crippen molar-refractivity contribution >= 4 is 5.69 Å². The molecule has 0 radical (unpaired) electrons. The normalized spacial score (nSPS) is 16.5. The van der Waals surface area contributed by atoms with E-state index in [1.807, 2.05) is 28.9 Å². The van der Waals surface area contributed by atoms with Gasteiger partial charge in [-0.25, -0.2) is 9.07 Å². The average Bonchev–Trinajstić information content (AvgIpc) is 3.14. The van der Waals surface area contributed by atoms with Crippen LogP contribution in [0.1, 0.15) is 30.9 Å². The summed E-state index contributed by atoms with van der Waals surface area (Å²) in [5.41, 5.74) is 1.90. The van der Waals surface area contributed by atoms with Crippen LogP contribution < -0.4 is 10.1 Å². The predicted octanol–water partition coefficient (Wildman–Crippen LogP) is 3.01. The maximum atomic E-state index is 13.5. The summed E-state index contributed by atoms with van der Waals surface area (Å²) >= 11 is 0. The number of likely N-dealkylation sites (N-methyl/N-ethyl adjacent to an activating group) is 1. The number of methoxy groups -OCH3 is 1. The first-order chi connectivity index (χ1) is 15.7. The second kappa shape index (κ2) is 10.5. The molecule has 1 atom stereocenters. The minimum absolute atomic E-state index is 0.231. The Morgan fingerprint density at radius 3 is 2.53 bits per heavy atom. The van der Waals surface area contributed by atoms with Gasteiger partial charge in [0.05, 0.1) is 13.7 Å². The van der Waals surface area contributed by atoms with Crippen molar-refractivity contribution in [1.82, 2.24) is 30.0 Å². The van der Waals surface area contributed by atoms with Gasteiger partial charge in [-0.15, -0.1) is 5.10 Å². The Bertz CT molecular complexity index is 977. The summed E-state index contributed by atoms with van der Waals surface area (Å²) in [4.78, 5) is 4.82. The van der Waals surface area contributed by atoms with Crippen molar-refractivity contribution in [1.29, 1.82) is 0 Å². The molecule has 2 heterocycles. The summed E-state index contributed by atoms with van der Waals surface area (Å²) in [7, 11) is 1.65. The van der Waals surface area contributed by atoms with E-state index in [2.05, 4.69) is 37.6 Å². The van der Waals surface area contributed by atoms with Crippen LogP contribution in [0.15, 0.2) is 48.5 Å². The number of tetrazole rings is 1. The van der Waals surface area contributed by atoms with Crippen LogP contribution in [-0.4, -0.2) is 69.8 Å². The van der Waals surface area contributed by atoms with Gasteiger partial charge in [-0.1, -0.05) is 19.1 Å². The van der Waals surface area contributed by atoms with Crippen LogP contribution in [0.25, 0.3) is 0 Å². The molecule has 0 saturated carbocycles. The lowest BCUT2D eigenvalue weighted by atomic mass is 10.2. The molecule has 0 aliphatic carbocycles. The van der Waals surface area contributed by atoms with Gasteiger partial charge < -0.3 is 15.0 Å². The average molecular weight is 440 g/mol. The first-order valence-electron chi connectivity index (χ1n) is 11.0. The van der Waals surface area contributed by atoms with Crippen molar-refractivity contribution in [2.75, 3.05) is 45.2 Å². The Kier molecular flexibility index (Phi) is 7.28. The largest absolute Gasteiger partial charge is 0.497 e. The van der Waals surface area contributed by atoms with Crippen LogP contribution in [-0.2, 0) is 6.54 Å². The van der Waals surface area contributed by atoms with Crippen LogP contribution in [0.2, 0.25) is 0 Å². The third kappa shape index (κ3) is 5.41. The number of benzene rings is 2. The molecule has 1 saturated heterocycles. The molecule has 170 valence electrons. The minimum atomic E-state index is -0.259. The van der Waals surface area contributed by atoms with Crippen molar-refractivity contribution in [3.63, 3.8) is 0 Å². The highest BCUT2D eigenvalue weighted by Gasteiger charge is 2.28. The number of hydrogen-bond donors (Lipinski definition) is 1. The number of aromatic nitrogens is 4. The van der Waals surface area contributed by atoms with Gasteiger partial charge in [-0.05, 0) is 71.9 Å². The molecule has 0 amide bonds. The monoisotopic (exact) mass is 439 g/mol. The van der Waals surface area contributed by atoms with Gasteiger partial charge in [0.25, 0.3) is 0 Å². The van der Waals surface area contributed by atoms with E-state index < -0.39 is 0 Å². The molecule has 0 bridgehead atoms. The number of anilines is 1. The minimum Gasteiger partial charge on any atom is -0.497 e. The molecular formula is C23H30FN7O. The third-order valence-electron chi connectivity index (χ3n) is 5.88. The Labute approximate surface area is 188 Å². The third-order valence-corrected chi connectivity index (χ3v) is 5.88. The standard InChI is InChI=1S/C23H30FN7O/c1-3-29-13-4-14-30(16-15-29)22(25-20-9-7-19(24)8-10-20)23-26-27-28-31(23)17-18-5-11-21(32-2)12-6-18/h5-12,22,25H,3-4,13-17H2,1-2H3. The molecule has 1 aliphatic rings. The van der Waals surface area contributed by atoms with Crippen molar-refractivity contribution in [2.24, 2.45) is 0 Å². The Morgan fingerprint density at radius 1 is 1.03 bits per heavy atom. The molecule has 1 aliphatic heterocycles. The molecule has 1 unspecified atom stereocenters. The van der Waals surface area contributed by atoms with E-state index in [4.69, 9.17) is 4.74 Å². The Morgan fingerprint density at radius 2 is 1.81 bits per heavy atom. The van der Waals surface area contributed by atoms with Crippen LogP contribution >= 0.6 is 0 Å². The second-order valence-electron chi connectivity index (χ2n) is 7.92. The molecule has 2 aromatic carbocycles. The van der Waals surface area contributed by atoms with Gasteiger partial charge in [-0.2, -0.15) is 0 Å². The van der Waals surface area contributed by atoms with Crippen LogP contribution in [0.3, 0.4) is 0 Å². The zero-order valence-electron chi connectivity index (χ0n) is 18.6. The summed E-state index contributed by atoms with van der Waals surface area (Å²) < 4.78 is 20.5. The van der Waals surface area contributed by atoms with Gasteiger partial charge in [0, 0.05) is 25.3 Å². The van der Waals surface area contributed by atoms with Crippen molar-refractivity contribution in [3.05, 3.63) is 65.7 Å². The van der Waals surface area contributed by atoms with Crippen molar-refractivity contribution < 1.29 is 9.13 Å². The summed E-state index contributed by atoms with van der Waals surface area (Å²) in [6.07, 6.45) is 0.834. The predicted molar refractivity (Wildman–Crippen MR) is 121 cm³/mol. The number of ether oxygens (including phenoxy) is 1. The fourth-order valence-electron chi connectivity index (χ4n) is 4.01. The molecule has 4 rings (SSSR count).